The Morgan fingerprint density at radius 1 is 1.12 bits per heavy atom. The number of para-hydroxylation sites is 2. The summed E-state index contributed by atoms with van der Waals surface area (Å²) >= 11 is 3.40. The average molecular weight is 475 g/mol. The van der Waals surface area contributed by atoms with Gasteiger partial charge in [0.2, 0.25) is 0 Å². The third-order valence-electron chi connectivity index (χ3n) is 6.86. The molecule has 3 atom stereocenters. The number of nitrogens with zero attached hydrogens (tertiary/aromatic N) is 4. The number of aromatic nitrogens is 3. The molecule has 0 N–H and O–H groups in total. The third kappa shape index (κ3) is 3.67. The van der Waals surface area contributed by atoms with E-state index in [4.69, 9.17) is 4.98 Å². The predicted molar refractivity (Wildman–Crippen MR) is 135 cm³/mol. The SMILES string of the molecule is CCn1c(SCC2C3CC3CN2C(=O)c2nc(C)sc2-c2ccccc2)nc2ccccc21. The number of likely N-dealkylation sites (tertiary alicyclic amines) is 1. The summed E-state index contributed by atoms with van der Waals surface area (Å²) in [5, 5.41) is 1.98. The fraction of sp³-hybridized carbons (Fsp3) is 0.346. The first-order chi connectivity index (χ1) is 16.1. The Labute approximate surface area is 201 Å². The maximum absolute atomic E-state index is 13.7. The Bertz CT molecular complexity index is 1330. The Morgan fingerprint density at radius 2 is 1.91 bits per heavy atom. The number of fused-ring (bicyclic) bond motifs is 2. The van der Waals surface area contributed by atoms with Gasteiger partial charge in [-0.2, -0.15) is 0 Å². The number of benzene rings is 2. The molecule has 33 heavy (non-hydrogen) atoms. The number of hydrogen-bond donors (Lipinski definition) is 0. The molecule has 1 aliphatic carbocycles. The summed E-state index contributed by atoms with van der Waals surface area (Å²) in [5.74, 6) is 2.21. The number of carbonyl (C=O) groups is 1. The van der Waals surface area contributed by atoms with Crippen LogP contribution < -0.4 is 0 Å². The van der Waals surface area contributed by atoms with Crippen molar-refractivity contribution in [3.63, 3.8) is 0 Å². The van der Waals surface area contributed by atoms with Gasteiger partial charge in [0.15, 0.2) is 5.16 Å². The van der Waals surface area contributed by atoms with Crippen molar-refractivity contribution in [2.45, 2.75) is 38.0 Å². The van der Waals surface area contributed by atoms with Crippen molar-refractivity contribution < 1.29 is 4.79 Å². The number of amides is 1. The molecule has 2 aromatic carbocycles. The van der Waals surface area contributed by atoms with Gasteiger partial charge in [0, 0.05) is 24.9 Å². The van der Waals surface area contributed by atoms with Gasteiger partial charge < -0.3 is 9.47 Å². The molecule has 0 spiro atoms. The molecule has 7 heteroatoms. The third-order valence-corrected chi connectivity index (χ3v) is 8.95. The number of aryl methyl sites for hydroxylation is 2. The first kappa shape index (κ1) is 20.9. The number of rotatable bonds is 6. The number of thiazole rings is 1. The van der Waals surface area contributed by atoms with E-state index in [1.807, 2.05) is 31.2 Å². The van der Waals surface area contributed by atoms with Crippen LogP contribution in [0.4, 0.5) is 0 Å². The lowest BCUT2D eigenvalue weighted by atomic mass is 10.1. The van der Waals surface area contributed by atoms with Gasteiger partial charge in [-0.25, -0.2) is 9.97 Å². The van der Waals surface area contributed by atoms with E-state index in [2.05, 4.69) is 51.7 Å². The largest absolute Gasteiger partial charge is 0.333 e. The van der Waals surface area contributed by atoms with E-state index in [0.29, 0.717) is 17.5 Å². The molecule has 5 nitrogen and oxygen atoms in total. The van der Waals surface area contributed by atoms with Crippen LogP contribution in [0.2, 0.25) is 0 Å². The van der Waals surface area contributed by atoms with Crippen molar-refractivity contribution in [3.05, 3.63) is 65.3 Å². The van der Waals surface area contributed by atoms with Crippen LogP contribution in [0.15, 0.2) is 59.8 Å². The monoisotopic (exact) mass is 474 g/mol. The molecule has 6 rings (SSSR count). The highest BCUT2D eigenvalue weighted by atomic mass is 32.2. The molecular weight excluding hydrogens is 448 g/mol. The molecule has 2 aliphatic rings. The minimum absolute atomic E-state index is 0.0833. The second-order valence-corrected chi connectivity index (χ2v) is 11.1. The summed E-state index contributed by atoms with van der Waals surface area (Å²) in [6.07, 6.45) is 1.24. The fourth-order valence-corrected chi connectivity index (χ4v) is 7.35. The molecule has 3 heterocycles. The zero-order valence-corrected chi connectivity index (χ0v) is 20.4. The van der Waals surface area contributed by atoms with E-state index >= 15 is 0 Å². The highest BCUT2D eigenvalue weighted by molar-refractivity contribution is 7.99. The lowest BCUT2D eigenvalue weighted by Gasteiger charge is -2.27. The first-order valence-electron chi connectivity index (χ1n) is 11.6. The molecule has 1 saturated heterocycles. The van der Waals surface area contributed by atoms with Crippen molar-refractivity contribution in [2.75, 3.05) is 12.3 Å². The molecule has 168 valence electrons. The average Bonchev–Trinajstić information content (AvgIpc) is 3.17. The van der Waals surface area contributed by atoms with E-state index in [-0.39, 0.29) is 11.9 Å². The van der Waals surface area contributed by atoms with Crippen molar-refractivity contribution in [1.82, 2.24) is 19.4 Å². The minimum atomic E-state index is 0.0833. The summed E-state index contributed by atoms with van der Waals surface area (Å²) in [6.45, 7) is 5.89. The zero-order chi connectivity index (χ0) is 22.5. The maximum atomic E-state index is 13.7. The summed E-state index contributed by atoms with van der Waals surface area (Å²) in [6, 6.07) is 18.7. The number of hydrogen-bond acceptors (Lipinski definition) is 5. The lowest BCUT2D eigenvalue weighted by molar-refractivity contribution is 0.0718. The van der Waals surface area contributed by atoms with E-state index in [0.717, 1.165) is 45.0 Å². The molecule has 0 radical (unpaired) electrons. The van der Waals surface area contributed by atoms with E-state index < -0.39 is 0 Å². The molecule has 3 unspecified atom stereocenters. The first-order valence-corrected chi connectivity index (χ1v) is 13.4. The summed E-state index contributed by atoms with van der Waals surface area (Å²) in [5.41, 5.74) is 3.90. The summed E-state index contributed by atoms with van der Waals surface area (Å²) in [7, 11) is 0. The van der Waals surface area contributed by atoms with E-state index in [9.17, 15) is 4.79 Å². The molecule has 1 amide bonds. The van der Waals surface area contributed by atoms with Crippen molar-refractivity contribution in [2.24, 2.45) is 11.8 Å². The predicted octanol–water partition coefficient (Wildman–Crippen LogP) is 5.74. The van der Waals surface area contributed by atoms with Gasteiger partial charge in [-0.3, -0.25) is 4.79 Å². The van der Waals surface area contributed by atoms with Gasteiger partial charge in [-0.1, -0.05) is 54.2 Å². The van der Waals surface area contributed by atoms with Crippen molar-refractivity contribution in [3.8, 4) is 10.4 Å². The lowest BCUT2D eigenvalue weighted by Crippen LogP contribution is -2.40. The van der Waals surface area contributed by atoms with Gasteiger partial charge in [0.1, 0.15) is 5.69 Å². The van der Waals surface area contributed by atoms with Crippen LogP contribution in [-0.4, -0.2) is 43.7 Å². The van der Waals surface area contributed by atoms with Gasteiger partial charge in [0.25, 0.3) is 5.91 Å². The Balaban J connectivity index is 1.26. The topological polar surface area (TPSA) is 51.0 Å². The number of thioether (sulfide) groups is 1. The smallest absolute Gasteiger partial charge is 0.274 e. The van der Waals surface area contributed by atoms with Gasteiger partial charge in [-0.15, -0.1) is 11.3 Å². The van der Waals surface area contributed by atoms with Crippen LogP contribution >= 0.6 is 23.1 Å². The minimum Gasteiger partial charge on any atom is -0.333 e. The fourth-order valence-electron chi connectivity index (χ4n) is 5.14. The van der Waals surface area contributed by atoms with Gasteiger partial charge >= 0.3 is 0 Å². The van der Waals surface area contributed by atoms with Crippen LogP contribution in [0.3, 0.4) is 0 Å². The van der Waals surface area contributed by atoms with Crippen LogP contribution in [0.1, 0.15) is 28.8 Å². The van der Waals surface area contributed by atoms with E-state index in [1.54, 1.807) is 23.1 Å². The standard InChI is InChI=1S/C26H26N4OS2/c1-3-29-21-12-8-7-11-20(21)28-26(29)32-15-22-19-13-18(19)14-30(22)25(31)23-24(33-16(2)27-23)17-9-5-4-6-10-17/h4-12,18-19,22H,3,13-15H2,1-2H3. The van der Waals surface area contributed by atoms with Crippen LogP contribution in [-0.2, 0) is 6.54 Å². The number of piperidine rings is 1. The van der Waals surface area contributed by atoms with Crippen LogP contribution in [0.25, 0.3) is 21.5 Å². The molecule has 1 saturated carbocycles. The molecule has 1 aliphatic heterocycles. The number of imidazole rings is 1. The zero-order valence-electron chi connectivity index (χ0n) is 18.8. The molecule has 2 aromatic heterocycles. The number of carbonyl (C=O) groups excluding carboxylic acids is 1. The second-order valence-electron chi connectivity index (χ2n) is 8.90. The van der Waals surface area contributed by atoms with Gasteiger partial charge in [0.05, 0.1) is 20.9 Å². The van der Waals surface area contributed by atoms with Crippen molar-refractivity contribution >= 4 is 40.0 Å². The molecule has 0 bridgehead atoms. The van der Waals surface area contributed by atoms with Crippen LogP contribution in [0, 0.1) is 18.8 Å². The second kappa shape index (κ2) is 8.29. The Hall–Kier alpha value is -2.64. The molecule has 4 aromatic rings. The Kier molecular flexibility index (Phi) is 5.26. The highest BCUT2D eigenvalue weighted by Gasteiger charge is 2.54. The quantitative estimate of drug-likeness (QED) is 0.334. The van der Waals surface area contributed by atoms with Crippen LogP contribution in [0.5, 0.6) is 0 Å². The van der Waals surface area contributed by atoms with Gasteiger partial charge in [-0.05, 0) is 49.8 Å². The summed E-state index contributed by atoms with van der Waals surface area (Å²) < 4.78 is 2.28. The molecule has 2 fully saturated rings. The van der Waals surface area contributed by atoms with Crippen molar-refractivity contribution in [1.29, 1.82) is 0 Å². The summed E-state index contributed by atoms with van der Waals surface area (Å²) in [4.78, 5) is 26.4. The maximum Gasteiger partial charge on any atom is 0.274 e. The highest BCUT2D eigenvalue weighted by Crippen LogP contribution is 2.51. The van der Waals surface area contributed by atoms with E-state index in [1.165, 1.54) is 11.9 Å². The molecular formula is C26H26N4OS2. The Morgan fingerprint density at radius 3 is 2.73 bits per heavy atom. The normalized spacial score (nSPS) is 21.5.